The molecule has 0 radical (unpaired) electrons. The molecule has 1 aliphatic carbocycles. The van der Waals surface area contributed by atoms with E-state index in [-0.39, 0.29) is 18.4 Å². The van der Waals surface area contributed by atoms with Gasteiger partial charge in [-0.15, -0.1) is 5.10 Å². The van der Waals surface area contributed by atoms with Crippen molar-refractivity contribution in [1.29, 1.82) is 0 Å². The summed E-state index contributed by atoms with van der Waals surface area (Å²) in [5.41, 5.74) is 0. The fourth-order valence-corrected chi connectivity index (χ4v) is 2.53. The highest BCUT2D eigenvalue weighted by molar-refractivity contribution is 5.83. The van der Waals surface area contributed by atoms with E-state index >= 15 is 0 Å². The molecule has 1 aromatic heterocycles. The van der Waals surface area contributed by atoms with Crippen LogP contribution in [0.2, 0.25) is 0 Å². The van der Waals surface area contributed by atoms with Crippen molar-refractivity contribution < 1.29 is 14.7 Å². The van der Waals surface area contributed by atoms with E-state index in [0.29, 0.717) is 0 Å². The van der Waals surface area contributed by atoms with Crippen LogP contribution in [0.1, 0.15) is 32.1 Å². The maximum absolute atomic E-state index is 11.8. The van der Waals surface area contributed by atoms with Crippen LogP contribution in [0, 0.1) is 5.92 Å². The molecular formula is C12H18N4O3. The first-order chi connectivity index (χ1) is 9.16. The number of aliphatic carboxylic acids is 1. The van der Waals surface area contributed by atoms with Crippen molar-refractivity contribution in [2.75, 3.05) is 0 Å². The Hall–Kier alpha value is -1.92. The number of rotatable bonds is 5. The van der Waals surface area contributed by atoms with Gasteiger partial charge < -0.3 is 10.4 Å². The minimum absolute atomic E-state index is 0.00347. The van der Waals surface area contributed by atoms with Crippen LogP contribution >= 0.6 is 0 Å². The largest absolute Gasteiger partial charge is 0.480 e. The Morgan fingerprint density at radius 1 is 1.37 bits per heavy atom. The van der Waals surface area contributed by atoms with Crippen molar-refractivity contribution in [2.24, 2.45) is 5.92 Å². The molecule has 1 heterocycles. The zero-order chi connectivity index (χ0) is 13.7. The van der Waals surface area contributed by atoms with Gasteiger partial charge in [0.2, 0.25) is 5.91 Å². The smallest absolute Gasteiger partial charge is 0.326 e. The van der Waals surface area contributed by atoms with E-state index in [9.17, 15) is 14.7 Å². The molecule has 0 aliphatic heterocycles. The van der Waals surface area contributed by atoms with Crippen LogP contribution in [-0.2, 0) is 16.1 Å². The van der Waals surface area contributed by atoms with E-state index in [1.165, 1.54) is 10.9 Å². The van der Waals surface area contributed by atoms with Gasteiger partial charge in [-0.2, -0.15) is 0 Å². The number of carbonyl (C=O) groups is 2. The highest BCUT2D eigenvalue weighted by Gasteiger charge is 2.30. The topological polar surface area (TPSA) is 97.1 Å². The van der Waals surface area contributed by atoms with Crippen molar-refractivity contribution in [3.05, 3.63) is 12.4 Å². The van der Waals surface area contributed by atoms with E-state index in [2.05, 4.69) is 15.6 Å². The van der Waals surface area contributed by atoms with Crippen molar-refractivity contribution >= 4 is 11.9 Å². The number of nitrogens with zero attached hydrogens (tertiary/aromatic N) is 3. The molecule has 1 fully saturated rings. The number of carboxylic acid groups (broad SMARTS) is 1. The van der Waals surface area contributed by atoms with Crippen LogP contribution in [0.25, 0.3) is 0 Å². The van der Waals surface area contributed by atoms with E-state index in [1.807, 2.05) is 0 Å². The first-order valence-corrected chi connectivity index (χ1v) is 6.53. The molecule has 7 nitrogen and oxygen atoms in total. The summed E-state index contributed by atoms with van der Waals surface area (Å²) < 4.78 is 1.37. The van der Waals surface area contributed by atoms with Crippen LogP contribution in [-0.4, -0.2) is 38.0 Å². The Labute approximate surface area is 111 Å². The number of hydrogen-bond acceptors (Lipinski definition) is 4. The first kappa shape index (κ1) is 13.5. The maximum atomic E-state index is 11.8. The molecule has 2 N–H and O–H groups in total. The Bertz CT molecular complexity index is 426. The fraction of sp³-hybridized carbons (Fsp3) is 0.667. The van der Waals surface area contributed by atoms with Gasteiger partial charge in [-0.25, -0.2) is 9.48 Å². The molecule has 104 valence electrons. The highest BCUT2D eigenvalue weighted by Crippen LogP contribution is 2.26. The molecule has 0 spiro atoms. The van der Waals surface area contributed by atoms with Crippen molar-refractivity contribution in [1.82, 2.24) is 20.3 Å². The average molecular weight is 266 g/mol. The first-order valence-electron chi connectivity index (χ1n) is 6.53. The maximum Gasteiger partial charge on any atom is 0.326 e. The molecule has 19 heavy (non-hydrogen) atoms. The molecule has 1 atom stereocenters. The monoisotopic (exact) mass is 266 g/mol. The summed E-state index contributed by atoms with van der Waals surface area (Å²) in [5.74, 6) is -1.27. The number of carbonyl (C=O) groups excluding carboxylic acids is 1. The predicted octanol–water partition coefficient (Wildman–Crippen LogP) is 0.428. The zero-order valence-electron chi connectivity index (χ0n) is 10.7. The number of aromatic nitrogens is 3. The molecule has 1 unspecified atom stereocenters. The summed E-state index contributed by atoms with van der Waals surface area (Å²) >= 11 is 0. The third kappa shape index (κ3) is 3.77. The lowest BCUT2D eigenvalue weighted by Gasteiger charge is -2.27. The van der Waals surface area contributed by atoms with E-state index in [4.69, 9.17) is 0 Å². The van der Waals surface area contributed by atoms with Crippen molar-refractivity contribution in [2.45, 2.75) is 44.7 Å². The number of carboxylic acids is 1. The summed E-state index contributed by atoms with van der Waals surface area (Å²) in [7, 11) is 0. The van der Waals surface area contributed by atoms with Crippen LogP contribution < -0.4 is 5.32 Å². The lowest BCUT2D eigenvalue weighted by atomic mass is 9.84. The molecule has 0 aromatic carbocycles. The number of nitrogens with one attached hydrogen (secondary N) is 1. The Kier molecular flexibility index (Phi) is 4.48. The van der Waals surface area contributed by atoms with Gasteiger partial charge in [-0.3, -0.25) is 4.79 Å². The highest BCUT2D eigenvalue weighted by atomic mass is 16.4. The van der Waals surface area contributed by atoms with Crippen LogP contribution in [0.4, 0.5) is 0 Å². The molecular weight excluding hydrogens is 248 g/mol. The molecule has 1 aliphatic rings. The molecule has 0 saturated heterocycles. The molecule has 1 aromatic rings. The SMILES string of the molecule is O=C(Cn1ccnn1)NC(C(=O)O)C1CCCCC1. The van der Waals surface area contributed by atoms with Gasteiger partial charge in [0.1, 0.15) is 12.6 Å². The van der Waals surface area contributed by atoms with Crippen molar-refractivity contribution in [3.8, 4) is 0 Å². The van der Waals surface area contributed by atoms with Gasteiger partial charge in [0.25, 0.3) is 0 Å². The Morgan fingerprint density at radius 3 is 2.68 bits per heavy atom. The van der Waals surface area contributed by atoms with Gasteiger partial charge in [0.05, 0.1) is 6.20 Å². The molecule has 7 heteroatoms. The second-order valence-electron chi connectivity index (χ2n) is 4.88. The van der Waals surface area contributed by atoms with E-state index < -0.39 is 12.0 Å². The zero-order valence-corrected chi connectivity index (χ0v) is 10.7. The number of hydrogen-bond donors (Lipinski definition) is 2. The summed E-state index contributed by atoms with van der Waals surface area (Å²) in [6.07, 6.45) is 7.98. The van der Waals surface area contributed by atoms with Crippen molar-refractivity contribution in [3.63, 3.8) is 0 Å². The summed E-state index contributed by atoms with van der Waals surface area (Å²) in [6, 6.07) is -0.795. The average Bonchev–Trinajstić information content (AvgIpc) is 2.89. The molecule has 1 amide bonds. The van der Waals surface area contributed by atoms with Crippen LogP contribution in [0.3, 0.4) is 0 Å². The molecule has 2 rings (SSSR count). The normalized spacial score (nSPS) is 17.9. The van der Waals surface area contributed by atoms with E-state index in [1.54, 1.807) is 6.20 Å². The fourth-order valence-electron chi connectivity index (χ4n) is 2.53. The second kappa shape index (κ2) is 6.31. The third-order valence-electron chi connectivity index (χ3n) is 3.48. The lowest BCUT2D eigenvalue weighted by Crippen LogP contribution is -2.47. The Morgan fingerprint density at radius 2 is 2.11 bits per heavy atom. The minimum atomic E-state index is -0.959. The van der Waals surface area contributed by atoms with Crippen LogP contribution in [0.15, 0.2) is 12.4 Å². The van der Waals surface area contributed by atoms with Crippen LogP contribution in [0.5, 0.6) is 0 Å². The summed E-state index contributed by atoms with van der Waals surface area (Å²) in [5, 5.41) is 19.1. The second-order valence-corrected chi connectivity index (χ2v) is 4.88. The third-order valence-corrected chi connectivity index (χ3v) is 3.48. The molecule has 0 bridgehead atoms. The summed E-state index contributed by atoms with van der Waals surface area (Å²) in [4.78, 5) is 23.1. The van der Waals surface area contributed by atoms with Gasteiger partial charge in [0.15, 0.2) is 0 Å². The number of amides is 1. The Balaban J connectivity index is 1.92. The predicted molar refractivity (Wildman–Crippen MR) is 66.2 cm³/mol. The lowest BCUT2D eigenvalue weighted by molar-refractivity contribution is -0.144. The minimum Gasteiger partial charge on any atom is -0.480 e. The van der Waals surface area contributed by atoms with Gasteiger partial charge >= 0.3 is 5.97 Å². The summed E-state index contributed by atoms with van der Waals surface area (Å²) in [6.45, 7) is -0.00347. The standard InChI is InChI=1S/C12H18N4O3/c17-10(8-16-7-6-13-15-16)14-11(12(18)19)9-4-2-1-3-5-9/h6-7,9,11H,1-5,8H2,(H,14,17)(H,18,19). The van der Waals surface area contributed by atoms with E-state index in [0.717, 1.165) is 32.1 Å². The van der Waals surface area contributed by atoms with Gasteiger partial charge in [-0.05, 0) is 18.8 Å². The van der Waals surface area contributed by atoms with Gasteiger partial charge in [0, 0.05) is 6.20 Å². The molecule has 1 saturated carbocycles. The van der Waals surface area contributed by atoms with Gasteiger partial charge in [-0.1, -0.05) is 24.5 Å². The quantitative estimate of drug-likeness (QED) is 0.805.